The number of benzene rings is 1. The van der Waals surface area contributed by atoms with Gasteiger partial charge in [-0.1, -0.05) is 24.4 Å². The molecule has 1 saturated heterocycles. The van der Waals surface area contributed by atoms with Crippen LogP contribution in [0.15, 0.2) is 18.5 Å². The molecular weight excluding hydrogens is 396 g/mol. The van der Waals surface area contributed by atoms with E-state index in [1.54, 1.807) is 0 Å². The minimum Gasteiger partial charge on any atom is -0.490 e. The van der Waals surface area contributed by atoms with Gasteiger partial charge in [0.05, 0.1) is 31.9 Å². The maximum absolute atomic E-state index is 11.3. The van der Waals surface area contributed by atoms with Gasteiger partial charge in [0.2, 0.25) is 0 Å². The number of hydrogen-bond acceptors (Lipinski definition) is 7. The molecule has 1 aromatic carbocycles. The predicted octanol–water partition coefficient (Wildman–Crippen LogP) is 4.34. The number of esters is 1. The summed E-state index contributed by atoms with van der Waals surface area (Å²) in [7, 11) is 0. The number of carbonyl (C=O) groups is 1. The van der Waals surface area contributed by atoms with E-state index < -0.39 is 0 Å². The molecule has 1 aliphatic heterocycles. The Morgan fingerprint density at radius 3 is 2.86 bits per heavy atom. The smallest absolute Gasteiger partial charge is 0.305 e. The Labute approximate surface area is 175 Å². The van der Waals surface area contributed by atoms with Crippen molar-refractivity contribution < 1.29 is 23.7 Å². The molecule has 0 saturated carbocycles. The highest BCUT2D eigenvalue weighted by molar-refractivity contribution is 6.34. The van der Waals surface area contributed by atoms with Crippen molar-refractivity contribution in [3.8, 4) is 11.5 Å². The number of aromatic nitrogens is 2. The van der Waals surface area contributed by atoms with Crippen LogP contribution in [0.25, 0.3) is 10.9 Å². The van der Waals surface area contributed by atoms with Crippen molar-refractivity contribution in [1.29, 1.82) is 0 Å². The Kier molecular flexibility index (Phi) is 8.31. The molecule has 2 heterocycles. The molecule has 0 bridgehead atoms. The standard InChI is InChI=1S/C21H27ClN2O5/c1-2-27-20(25)7-5-3-4-6-9-28-18-11-16-17(23-14-24-21(16)22)12-19(18)29-15-8-10-26-13-15/h11-12,14-15H,2-10,13H2,1H3/t15-/m1/s1. The topological polar surface area (TPSA) is 79.8 Å². The monoisotopic (exact) mass is 422 g/mol. The summed E-state index contributed by atoms with van der Waals surface area (Å²) in [5, 5.41) is 1.11. The lowest BCUT2D eigenvalue weighted by Gasteiger charge is -2.17. The van der Waals surface area contributed by atoms with Crippen LogP contribution >= 0.6 is 11.6 Å². The van der Waals surface area contributed by atoms with Gasteiger partial charge in [-0.15, -0.1) is 0 Å². The maximum Gasteiger partial charge on any atom is 0.305 e. The average molecular weight is 423 g/mol. The number of fused-ring (bicyclic) bond motifs is 1. The summed E-state index contributed by atoms with van der Waals surface area (Å²) in [6.45, 7) is 4.08. The zero-order valence-electron chi connectivity index (χ0n) is 16.7. The predicted molar refractivity (Wildman–Crippen MR) is 110 cm³/mol. The quantitative estimate of drug-likeness (QED) is 0.302. The van der Waals surface area contributed by atoms with Gasteiger partial charge in [-0.2, -0.15) is 0 Å². The van der Waals surface area contributed by atoms with Crippen molar-refractivity contribution in [3.63, 3.8) is 0 Å². The number of halogens is 1. The Bertz CT molecular complexity index is 811. The molecule has 0 radical (unpaired) electrons. The van der Waals surface area contributed by atoms with E-state index in [1.165, 1.54) is 6.33 Å². The van der Waals surface area contributed by atoms with Crippen LogP contribution in [0.3, 0.4) is 0 Å². The van der Waals surface area contributed by atoms with Crippen LogP contribution in [0, 0.1) is 0 Å². The van der Waals surface area contributed by atoms with E-state index in [1.807, 2.05) is 19.1 Å². The van der Waals surface area contributed by atoms with Crippen LogP contribution in [0.5, 0.6) is 11.5 Å². The molecule has 0 aliphatic carbocycles. The van der Waals surface area contributed by atoms with Gasteiger partial charge in [-0.3, -0.25) is 4.79 Å². The van der Waals surface area contributed by atoms with E-state index in [9.17, 15) is 4.79 Å². The normalized spacial score (nSPS) is 16.1. The van der Waals surface area contributed by atoms with Crippen molar-refractivity contribution >= 4 is 28.5 Å². The second-order valence-electron chi connectivity index (χ2n) is 6.90. The van der Waals surface area contributed by atoms with Crippen LogP contribution in [0.2, 0.25) is 5.15 Å². The van der Waals surface area contributed by atoms with Crippen molar-refractivity contribution in [2.24, 2.45) is 0 Å². The van der Waals surface area contributed by atoms with E-state index in [0.29, 0.717) is 55.0 Å². The van der Waals surface area contributed by atoms with Gasteiger partial charge in [-0.25, -0.2) is 9.97 Å². The number of ether oxygens (including phenoxy) is 4. The molecule has 0 N–H and O–H groups in total. The highest BCUT2D eigenvalue weighted by Crippen LogP contribution is 2.35. The summed E-state index contributed by atoms with van der Waals surface area (Å²) < 4.78 is 22.4. The third-order valence-electron chi connectivity index (χ3n) is 4.67. The van der Waals surface area contributed by atoms with Gasteiger partial charge < -0.3 is 18.9 Å². The molecule has 1 fully saturated rings. The lowest BCUT2D eigenvalue weighted by Crippen LogP contribution is -2.16. The fraction of sp³-hybridized carbons (Fsp3) is 0.571. The Balaban J connectivity index is 1.55. The zero-order valence-corrected chi connectivity index (χ0v) is 17.5. The summed E-state index contributed by atoms with van der Waals surface area (Å²) in [5.41, 5.74) is 0.713. The molecular formula is C21H27ClN2O5. The second kappa shape index (κ2) is 11.2. The summed E-state index contributed by atoms with van der Waals surface area (Å²) >= 11 is 6.21. The summed E-state index contributed by atoms with van der Waals surface area (Å²) in [6, 6.07) is 3.68. The molecule has 1 atom stereocenters. The SMILES string of the molecule is CCOC(=O)CCCCCCOc1cc2c(Cl)ncnc2cc1O[C@@H]1CCOC1. The minimum atomic E-state index is -0.128. The summed E-state index contributed by atoms with van der Waals surface area (Å²) in [6.07, 6.45) is 6.41. The molecule has 1 aromatic heterocycles. The largest absolute Gasteiger partial charge is 0.490 e. The first kappa shape index (κ1) is 21.6. The Hall–Kier alpha value is -2.12. The summed E-state index contributed by atoms with van der Waals surface area (Å²) in [5.74, 6) is 1.15. The van der Waals surface area contributed by atoms with E-state index in [4.69, 9.17) is 30.5 Å². The molecule has 7 nitrogen and oxygen atoms in total. The van der Waals surface area contributed by atoms with Crippen LogP contribution in [0.1, 0.15) is 45.4 Å². The Morgan fingerprint density at radius 1 is 1.21 bits per heavy atom. The first-order chi connectivity index (χ1) is 14.2. The molecule has 1 aliphatic rings. The zero-order chi connectivity index (χ0) is 20.5. The number of rotatable bonds is 11. The van der Waals surface area contributed by atoms with Crippen molar-refractivity contribution in [2.75, 3.05) is 26.4 Å². The average Bonchev–Trinajstić information content (AvgIpc) is 3.21. The molecule has 29 heavy (non-hydrogen) atoms. The number of hydrogen-bond donors (Lipinski definition) is 0. The molecule has 8 heteroatoms. The highest BCUT2D eigenvalue weighted by Gasteiger charge is 2.20. The van der Waals surface area contributed by atoms with E-state index in [0.717, 1.165) is 37.5 Å². The van der Waals surface area contributed by atoms with Crippen molar-refractivity contribution in [3.05, 3.63) is 23.6 Å². The van der Waals surface area contributed by atoms with Gasteiger partial charge in [0, 0.05) is 24.3 Å². The second-order valence-corrected chi connectivity index (χ2v) is 7.26. The van der Waals surface area contributed by atoms with E-state index in [-0.39, 0.29) is 12.1 Å². The third kappa shape index (κ3) is 6.44. The number of nitrogens with zero attached hydrogens (tertiary/aromatic N) is 2. The third-order valence-corrected chi connectivity index (χ3v) is 4.97. The van der Waals surface area contributed by atoms with Crippen molar-refractivity contribution in [2.45, 2.75) is 51.6 Å². The Morgan fingerprint density at radius 2 is 2.07 bits per heavy atom. The fourth-order valence-corrected chi connectivity index (χ4v) is 3.36. The molecule has 0 unspecified atom stereocenters. The van der Waals surface area contributed by atoms with Crippen LogP contribution in [-0.2, 0) is 14.3 Å². The number of unbranched alkanes of at least 4 members (excludes halogenated alkanes) is 3. The van der Waals surface area contributed by atoms with E-state index >= 15 is 0 Å². The molecule has 3 rings (SSSR count). The molecule has 158 valence electrons. The first-order valence-electron chi connectivity index (χ1n) is 10.1. The van der Waals surface area contributed by atoms with Gasteiger partial charge in [-0.05, 0) is 25.8 Å². The van der Waals surface area contributed by atoms with Crippen molar-refractivity contribution in [1.82, 2.24) is 9.97 Å². The van der Waals surface area contributed by atoms with Gasteiger partial charge in [0.1, 0.15) is 17.6 Å². The number of carbonyl (C=O) groups excluding carboxylic acids is 1. The lowest BCUT2D eigenvalue weighted by atomic mass is 10.1. The molecule has 0 spiro atoms. The van der Waals surface area contributed by atoms with Gasteiger partial charge in [0.15, 0.2) is 11.5 Å². The maximum atomic E-state index is 11.3. The first-order valence-corrected chi connectivity index (χ1v) is 10.5. The molecule has 0 amide bonds. The highest BCUT2D eigenvalue weighted by atomic mass is 35.5. The molecule has 2 aromatic rings. The lowest BCUT2D eigenvalue weighted by molar-refractivity contribution is -0.143. The van der Waals surface area contributed by atoms with Gasteiger partial charge in [0.25, 0.3) is 0 Å². The van der Waals surface area contributed by atoms with E-state index in [2.05, 4.69) is 9.97 Å². The minimum absolute atomic E-state index is 0.00925. The van der Waals surface area contributed by atoms with Crippen LogP contribution in [-0.4, -0.2) is 48.5 Å². The fourth-order valence-electron chi connectivity index (χ4n) is 3.16. The van der Waals surface area contributed by atoms with Crippen LogP contribution in [0.4, 0.5) is 0 Å². The van der Waals surface area contributed by atoms with Gasteiger partial charge >= 0.3 is 5.97 Å². The summed E-state index contributed by atoms with van der Waals surface area (Å²) in [4.78, 5) is 19.7. The van der Waals surface area contributed by atoms with Crippen LogP contribution < -0.4 is 9.47 Å².